The van der Waals surface area contributed by atoms with Gasteiger partial charge in [-0.25, -0.2) is 8.42 Å². The fraction of sp³-hybridized carbons (Fsp3) is 0.214. The molecule has 21 heavy (non-hydrogen) atoms. The third kappa shape index (κ3) is 3.08. The van der Waals surface area contributed by atoms with Crippen LogP contribution in [0.2, 0.25) is 0 Å². The summed E-state index contributed by atoms with van der Waals surface area (Å²) in [5, 5.41) is 1.72. The first-order valence-electron chi connectivity index (χ1n) is 6.18. The Morgan fingerprint density at radius 3 is 2.14 bits per heavy atom. The summed E-state index contributed by atoms with van der Waals surface area (Å²) in [5.74, 6) is -0.120. The number of amides is 1. The molecule has 112 valence electrons. The summed E-state index contributed by atoms with van der Waals surface area (Å²) in [6.07, 6.45) is 0. The molecule has 0 saturated carbocycles. The largest absolute Gasteiger partial charge is 0.345 e. The maximum atomic E-state index is 12.4. The van der Waals surface area contributed by atoms with Crippen molar-refractivity contribution >= 4 is 33.0 Å². The maximum absolute atomic E-state index is 12.4. The average molecular weight is 324 g/mol. The first-order valence-corrected chi connectivity index (χ1v) is 8.50. The van der Waals surface area contributed by atoms with Gasteiger partial charge in [-0.3, -0.25) is 9.10 Å². The number of benzene rings is 1. The highest BCUT2D eigenvalue weighted by Crippen LogP contribution is 2.25. The number of carbonyl (C=O) groups is 1. The van der Waals surface area contributed by atoms with Gasteiger partial charge in [0.25, 0.3) is 15.9 Å². The molecule has 0 atom stereocenters. The number of thiophene rings is 1. The molecule has 0 bridgehead atoms. The lowest BCUT2D eigenvalue weighted by atomic mass is 10.2. The third-order valence-corrected chi connectivity index (χ3v) is 6.15. The minimum atomic E-state index is -3.54. The summed E-state index contributed by atoms with van der Waals surface area (Å²) in [4.78, 5) is 13.3. The van der Waals surface area contributed by atoms with E-state index >= 15 is 0 Å². The van der Waals surface area contributed by atoms with E-state index in [1.807, 2.05) is 0 Å². The molecular formula is C14H16N2O3S2. The van der Waals surface area contributed by atoms with Gasteiger partial charge in [-0.15, -0.1) is 11.3 Å². The van der Waals surface area contributed by atoms with Gasteiger partial charge in [-0.1, -0.05) is 6.07 Å². The summed E-state index contributed by atoms with van der Waals surface area (Å²) in [5.41, 5.74) is 1.03. The van der Waals surface area contributed by atoms with Crippen LogP contribution in [0.1, 0.15) is 10.4 Å². The molecule has 0 radical (unpaired) electrons. The zero-order chi connectivity index (χ0) is 15.6. The van der Waals surface area contributed by atoms with Crippen molar-refractivity contribution in [3.8, 4) is 0 Å². The van der Waals surface area contributed by atoms with Crippen LogP contribution in [0.4, 0.5) is 5.69 Å². The predicted octanol–water partition coefficient (Wildman–Crippen LogP) is 2.28. The summed E-state index contributed by atoms with van der Waals surface area (Å²) < 4.78 is 26.3. The molecule has 0 saturated heterocycles. The fourth-order valence-corrected chi connectivity index (χ4v) is 4.11. The monoisotopic (exact) mass is 324 g/mol. The number of rotatable bonds is 4. The van der Waals surface area contributed by atoms with E-state index in [4.69, 9.17) is 0 Å². The molecule has 1 aromatic heterocycles. The molecule has 7 heteroatoms. The van der Waals surface area contributed by atoms with Gasteiger partial charge in [0, 0.05) is 26.7 Å². The Bertz CT molecular complexity index is 720. The first-order chi connectivity index (χ1) is 9.84. The number of sulfonamides is 1. The number of carbonyl (C=O) groups excluding carboxylic acids is 1. The van der Waals surface area contributed by atoms with Crippen LogP contribution in [0.15, 0.2) is 46.0 Å². The molecule has 1 amide bonds. The van der Waals surface area contributed by atoms with Crippen LogP contribution in [-0.2, 0) is 10.0 Å². The number of anilines is 1. The first kappa shape index (κ1) is 15.5. The van der Waals surface area contributed by atoms with Crippen LogP contribution in [-0.4, -0.2) is 40.4 Å². The Morgan fingerprint density at radius 2 is 1.67 bits per heavy atom. The molecular weight excluding hydrogens is 308 g/mol. The van der Waals surface area contributed by atoms with Crippen molar-refractivity contribution in [3.63, 3.8) is 0 Å². The van der Waals surface area contributed by atoms with Crippen LogP contribution >= 0.6 is 11.3 Å². The Balaban J connectivity index is 2.29. The Hall–Kier alpha value is -1.86. The van der Waals surface area contributed by atoms with E-state index in [0.717, 1.165) is 0 Å². The summed E-state index contributed by atoms with van der Waals surface area (Å²) in [7, 11) is 1.30. The molecule has 0 aliphatic carbocycles. The van der Waals surface area contributed by atoms with Gasteiger partial charge in [0.2, 0.25) is 0 Å². The molecule has 0 aliphatic heterocycles. The highest BCUT2D eigenvalue weighted by atomic mass is 32.2. The lowest BCUT2D eigenvalue weighted by Gasteiger charge is -2.19. The average Bonchev–Trinajstić information content (AvgIpc) is 3.00. The van der Waals surface area contributed by atoms with Crippen LogP contribution in [0.5, 0.6) is 0 Å². The smallest absolute Gasteiger partial charge is 0.273 e. The van der Waals surface area contributed by atoms with Crippen molar-refractivity contribution in [2.75, 3.05) is 25.4 Å². The van der Waals surface area contributed by atoms with E-state index in [1.54, 1.807) is 55.9 Å². The molecule has 0 aliphatic rings. The SMILES string of the molecule is CN(C)C(=O)c1ccc(N(C)S(=O)(=O)c2cccs2)cc1. The maximum Gasteiger partial charge on any atom is 0.273 e. The van der Waals surface area contributed by atoms with Crippen molar-refractivity contribution in [2.45, 2.75) is 4.21 Å². The van der Waals surface area contributed by atoms with Crippen LogP contribution in [0, 0.1) is 0 Å². The van der Waals surface area contributed by atoms with Crippen molar-refractivity contribution in [2.24, 2.45) is 0 Å². The molecule has 1 heterocycles. The minimum Gasteiger partial charge on any atom is -0.345 e. The van der Waals surface area contributed by atoms with E-state index < -0.39 is 10.0 Å². The highest BCUT2D eigenvalue weighted by Gasteiger charge is 2.22. The van der Waals surface area contributed by atoms with Gasteiger partial charge in [0.15, 0.2) is 0 Å². The number of hydrogen-bond donors (Lipinski definition) is 0. The number of nitrogens with zero attached hydrogens (tertiary/aromatic N) is 2. The highest BCUT2D eigenvalue weighted by molar-refractivity contribution is 7.94. The molecule has 5 nitrogen and oxygen atoms in total. The van der Waals surface area contributed by atoms with Crippen molar-refractivity contribution in [3.05, 3.63) is 47.3 Å². The fourth-order valence-electron chi connectivity index (χ4n) is 1.76. The van der Waals surface area contributed by atoms with E-state index in [9.17, 15) is 13.2 Å². The molecule has 2 aromatic rings. The van der Waals surface area contributed by atoms with Crippen molar-refractivity contribution in [1.29, 1.82) is 0 Å². The summed E-state index contributed by atoms with van der Waals surface area (Å²) in [6, 6.07) is 9.77. The molecule has 0 spiro atoms. The quantitative estimate of drug-likeness (QED) is 0.867. The molecule has 0 fully saturated rings. The van der Waals surface area contributed by atoms with E-state index in [2.05, 4.69) is 0 Å². The summed E-state index contributed by atoms with van der Waals surface area (Å²) >= 11 is 1.17. The molecule has 2 rings (SSSR count). The standard InChI is InChI=1S/C14H16N2O3S2/c1-15(2)14(17)11-6-8-12(9-7-11)16(3)21(18,19)13-5-4-10-20-13/h4-10H,1-3H3. The van der Waals surface area contributed by atoms with Crippen molar-refractivity contribution < 1.29 is 13.2 Å². The lowest BCUT2D eigenvalue weighted by Crippen LogP contribution is -2.26. The van der Waals surface area contributed by atoms with Gasteiger partial charge >= 0.3 is 0 Å². The van der Waals surface area contributed by atoms with E-state index in [-0.39, 0.29) is 5.91 Å². The van der Waals surface area contributed by atoms with Crippen LogP contribution < -0.4 is 4.31 Å². The van der Waals surface area contributed by atoms with Gasteiger partial charge in [-0.05, 0) is 35.7 Å². The lowest BCUT2D eigenvalue weighted by molar-refractivity contribution is 0.0827. The minimum absolute atomic E-state index is 0.120. The zero-order valence-electron chi connectivity index (χ0n) is 12.0. The predicted molar refractivity (Wildman–Crippen MR) is 84.4 cm³/mol. The topological polar surface area (TPSA) is 57.7 Å². The second-order valence-corrected chi connectivity index (χ2v) is 7.79. The molecule has 0 N–H and O–H groups in total. The summed E-state index contributed by atoms with van der Waals surface area (Å²) in [6.45, 7) is 0. The molecule has 1 aromatic carbocycles. The second-order valence-electron chi connectivity index (χ2n) is 4.65. The van der Waals surface area contributed by atoms with Crippen LogP contribution in [0.25, 0.3) is 0 Å². The van der Waals surface area contributed by atoms with Gasteiger partial charge in [0.05, 0.1) is 5.69 Å². The number of hydrogen-bond acceptors (Lipinski definition) is 4. The van der Waals surface area contributed by atoms with Crippen molar-refractivity contribution in [1.82, 2.24) is 4.90 Å². The van der Waals surface area contributed by atoms with Gasteiger partial charge in [-0.2, -0.15) is 0 Å². The van der Waals surface area contributed by atoms with Crippen LogP contribution in [0.3, 0.4) is 0 Å². The molecule has 0 unspecified atom stereocenters. The van der Waals surface area contributed by atoms with E-state index in [1.165, 1.54) is 27.6 Å². The normalized spacial score (nSPS) is 11.2. The van der Waals surface area contributed by atoms with E-state index in [0.29, 0.717) is 15.5 Å². The van der Waals surface area contributed by atoms with Gasteiger partial charge in [0.1, 0.15) is 4.21 Å². The van der Waals surface area contributed by atoms with Gasteiger partial charge < -0.3 is 4.90 Å². The Kier molecular flexibility index (Phi) is 4.34. The zero-order valence-corrected chi connectivity index (χ0v) is 13.6. The second kappa shape index (κ2) is 5.87. The third-order valence-electron chi connectivity index (χ3n) is 2.99. The Labute approximate surface area is 128 Å². The Morgan fingerprint density at radius 1 is 1.05 bits per heavy atom.